The molecule has 2 unspecified atom stereocenters. The van der Waals surface area contributed by atoms with Gasteiger partial charge in [0.2, 0.25) is 0 Å². The fraction of sp³-hybridized carbons (Fsp3) is 0.172. The molecular weight excluding hydrogens is 390 g/mol. The molecule has 0 saturated heterocycles. The molecule has 3 nitrogen and oxygen atoms in total. The van der Waals surface area contributed by atoms with Gasteiger partial charge in [0, 0.05) is 5.92 Å². The molecule has 0 spiro atoms. The van der Waals surface area contributed by atoms with Crippen LogP contribution in [0.3, 0.4) is 0 Å². The zero-order valence-corrected chi connectivity index (χ0v) is 18.3. The molecule has 1 aliphatic rings. The quantitative estimate of drug-likeness (QED) is 0.362. The van der Waals surface area contributed by atoms with Crippen molar-refractivity contribution >= 4 is 0 Å². The van der Waals surface area contributed by atoms with E-state index in [1.54, 1.807) is 0 Å². The number of hydrogen-bond donors (Lipinski definition) is 3. The van der Waals surface area contributed by atoms with E-state index in [1.807, 2.05) is 12.1 Å². The summed E-state index contributed by atoms with van der Waals surface area (Å²) in [7, 11) is 0. The predicted molar refractivity (Wildman–Crippen MR) is 131 cm³/mol. The van der Waals surface area contributed by atoms with Crippen LogP contribution in [0.5, 0.6) is 0 Å². The van der Waals surface area contributed by atoms with Crippen LogP contribution in [0.2, 0.25) is 0 Å². The van der Waals surface area contributed by atoms with Crippen LogP contribution >= 0.6 is 0 Å². The highest BCUT2D eigenvalue weighted by molar-refractivity contribution is 5.44. The Bertz CT molecular complexity index is 987. The molecule has 0 amide bonds. The molecular formula is C29H29N3. The van der Waals surface area contributed by atoms with Crippen molar-refractivity contribution in [3.05, 3.63) is 142 Å². The third-order valence-corrected chi connectivity index (χ3v) is 6.80. The van der Waals surface area contributed by atoms with E-state index in [1.165, 1.54) is 11.1 Å². The van der Waals surface area contributed by atoms with Crippen molar-refractivity contribution in [3.8, 4) is 0 Å². The summed E-state index contributed by atoms with van der Waals surface area (Å²) in [4.78, 5) is 0. The van der Waals surface area contributed by atoms with E-state index < -0.39 is 0 Å². The van der Waals surface area contributed by atoms with Gasteiger partial charge in [0.1, 0.15) is 0 Å². The van der Waals surface area contributed by atoms with Gasteiger partial charge < -0.3 is 17.2 Å². The molecule has 0 heterocycles. The van der Waals surface area contributed by atoms with Gasteiger partial charge in [-0.15, -0.1) is 0 Å². The number of hydrogen-bond acceptors (Lipinski definition) is 3. The van der Waals surface area contributed by atoms with Crippen LogP contribution in [-0.2, 0) is 0 Å². The molecule has 5 rings (SSSR count). The van der Waals surface area contributed by atoms with Crippen LogP contribution in [0.4, 0.5) is 0 Å². The van der Waals surface area contributed by atoms with E-state index in [0.717, 1.165) is 33.4 Å². The van der Waals surface area contributed by atoms with E-state index in [0.29, 0.717) is 0 Å². The molecule has 160 valence electrons. The Labute approximate surface area is 189 Å². The lowest BCUT2D eigenvalue weighted by molar-refractivity contribution is 0.817. The minimum atomic E-state index is -0.250. The Morgan fingerprint density at radius 2 is 0.625 bits per heavy atom. The van der Waals surface area contributed by atoms with Crippen molar-refractivity contribution in [2.45, 2.75) is 31.0 Å². The third-order valence-electron chi connectivity index (χ3n) is 6.80. The van der Waals surface area contributed by atoms with Gasteiger partial charge in [-0.05, 0) is 44.5 Å². The van der Waals surface area contributed by atoms with Crippen LogP contribution in [0, 0.1) is 0 Å². The molecule has 0 fully saturated rings. The fourth-order valence-electron chi connectivity index (χ4n) is 4.71. The Morgan fingerprint density at radius 1 is 0.406 bits per heavy atom. The lowest BCUT2D eigenvalue weighted by Gasteiger charge is -2.22. The van der Waals surface area contributed by atoms with Crippen molar-refractivity contribution < 1.29 is 0 Å². The highest BCUT2D eigenvalue weighted by atomic mass is 14.7. The van der Waals surface area contributed by atoms with Gasteiger partial charge in [0.05, 0.1) is 18.1 Å². The highest BCUT2D eigenvalue weighted by Crippen LogP contribution is 2.32. The topological polar surface area (TPSA) is 78.1 Å². The maximum absolute atomic E-state index is 6.73. The van der Waals surface area contributed by atoms with E-state index >= 15 is 0 Å². The van der Waals surface area contributed by atoms with E-state index in [9.17, 15) is 0 Å². The second-order valence-corrected chi connectivity index (χ2v) is 8.84. The zero-order valence-electron chi connectivity index (χ0n) is 18.3. The Hall–Kier alpha value is -3.24. The van der Waals surface area contributed by atoms with Gasteiger partial charge in [-0.1, -0.05) is 104 Å². The van der Waals surface area contributed by atoms with Gasteiger partial charge in [0.15, 0.2) is 0 Å². The smallest absolute Gasteiger partial charge is 0.0551 e. The molecule has 2 atom stereocenters. The Kier molecular flexibility index (Phi) is 5.40. The number of fused-ring (bicyclic) bond motifs is 8. The summed E-state index contributed by atoms with van der Waals surface area (Å²) >= 11 is 0. The molecule has 32 heavy (non-hydrogen) atoms. The summed E-state index contributed by atoms with van der Waals surface area (Å²) in [5.41, 5.74) is 29.0. The molecule has 4 aromatic carbocycles. The molecule has 0 radical (unpaired) electrons. The Morgan fingerprint density at radius 3 is 0.906 bits per heavy atom. The molecule has 4 aromatic rings. The number of rotatable bonds is 0. The van der Waals surface area contributed by atoms with Crippen molar-refractivity contribution in [2.24, 2.45) is 17.2 Å². The van der Waals surface area contributed by atoms with Crippen molar-refractivity contribution in [3.63, 3.8) is 0 Å². The van der Waals surface area contributed by atoms with Gasteiger partial charge >= 0.3 is 0 Å². The van der Waals surface area contributed by atoms with Gasteiger partial charge in [-0.25, -0.2) is 0 Å². The summed E-state index contributed by atoms with van der Waals surface area (Å²) < 4.78 is 0. The molecule has 0 aliphatic heterocycles. The van der Waals surface area contributed by atoms with E-state index in [4.69, 9.17) is 17.2 Å². The Balaban J connectivity index is 1.72. The predicted octanol–water partition coefficient (Wildman–Crippen LogP) is 5.30. The third kappa shape index (κ3) is 3.76. The summed E-state index contributed by atoms with van der Waals surface area (Å²) in [5, 5.41) is 0. The summed E-state index contributed by atoms with van der Waals surface area (Å²) in [6.07, 6.45) is 0. The average Bonchev–Trinajstić information content (AvgIpc) is 2.86. The monoisotopic (exact) mass is 419 g/mol. The van der Waals surface area contributed by atoms with Crippen molar-refractivity contribution in [1.29, 1.82) is 0 Å². The standard InChI is InChI=1S/C29H29N3/c1-18-19-6-2-8-21(14-19)27(30)23-10-4-12-25(16-23)29(32)26-13-5-11-24(17-26)28(31)22-9-3-7-20(18)15-22/h2-18,27-29H,30-32H2,1H3. The minimum absolute atomic E-state index is 0.215. The molecule has 0 saturated carbocycles. The zero-order chi connectivity index (χ0) is 22.2. The number of nitrogens with two attached hydrogens (primary N) is 3. The van der Waals surface area contributed by atoms with Gasteiger partial charge in [-0.2, -0.15) is 0 Å². The fourth-order valence-corrected chi connectivity index (χ4v) is 4.71. The second-order valence-electron chi connectivity index (χ2n) is 8.84. The highest BCUT2D eigenvalue weighted by Gasteiger charge is 2.18. The second kappa shape index (κ2) is 8.36. The SMILES string of the molecule is CC1c2cccc(c2)C(N)c2cccc(c2)C(N)c2cccc(c2)C(N)c2cccc1c2. The van der Waals surface area contributed by atoms with Gasteiger partial charge in [0.25, 0.3) is 0 Å². The molecule has 6 N–H and O–H groups in total. The first kappa shape index (κ1) is 20.7. The van der Waals surface area contributed by atoms with Crippen LogP contribution in [-0.4, -0.2) is 0 Å². The summed E-state index contributed by atoms with van der Waals surface area (Å²) in [5.74, 6) is 0.230. The van der Waals surface area contributed by atoms with Crippen LogP contribution in [0.1, 0.15) is 75.5 Å². The molecule has 0 aromatic heterocycles. The average molecular weight is 420 g/mol. The molecule has 1 aliphatic carbocycles. The van der Waals surface area contributed by atoms with Crippen LogP contribution in [0.25, 0.3) is 0 Å². The molecule has 8 bridgehead atoms. The van der Waals surface area contributed by atoms with Crippen LogP contribution in [0.15, 0.2) is 97.1 Å². The lowest BCUT2D eigenvalue weighted by Crippen LogP contribution is -2.17. The van der Waals surface area contributed by atoms with E-state index in [-0.39, 0.29) is 24.0 Å². The summed E-state index contributed by atoms with van der Waals surface area (Å²) in [6.45, 7) is 2.23. The van der Waals surface area contributed by atoms with E-state index in [2.05, 4.69) is 91.9 Å². The first-order valence-corrected chi connectivity index (χ1v) is 11.2. The van der Waals surface area contributed by atoms with Gasteiger partial charge in [-0.3, -0.25) is 0 Å². The molecule has 3 heteroatoms. The minimum Gasteiger partial charge on any atom is -0.320 e. The number of benzene rings is 4. The first-order valence-electron chi connectivity index (χ1n) is 11.2. The van der Waals surface area contributed by atoms with Crippen molar-refractivity contribution in [1.82, 2.24) is 0 Å². The largest absolute Gasteiger partial charge is 0.320 e. The first-order chi connectivity index (χ1) is 15.5. The maximum Gasteiger partial charge on any atom is 0.0551 e. The normalized spacial score (nSPS) is 22.4. The maximum atomic E-state index is 6.73. The van der Waals surface area contributed by atoms with Crippen molar-refractivity contribution in [2.75, 3.05) is 0 Å². The van der Waals surface area contributed by atoms with Crippen LogP contribution < -0.4 is 17.2 Å². The summed E-state index contributed by atoms with van der Waals surface area (Å²) in [6, 6.07) is 33.2. The lowest BCUT2D eigenvalue weighted by atomic mass is 9.86.